The van der Waals surface area contributed by atoms with Gasteiger partial charge in [0.1, 0.15) is 5.76 Å². The van der Waals surface area contributed by atoms with E-state index in [1.807, 2.05) is 0 Å². The minimum Gasteiger partial charge on any atom is -0.447 e. The van der Waals surface area contributed by atoms with Gasteiger partial charge in [-0.15, -0.1) is 0 Å². The summed E-state index contributed by atoms with van der Waals surface area (Å²) in [5.41, 5.74) is -0.634. The molecule has 0 aliphatic heterocycles. The standard InChI is InChI=1S/C13H22N2O4S/c1-14-20(17,18)12-6-5-11(19-12)9-15-10-13(16)7-3-2-4-8-13/h5-6,14-16H,2-4,7-10H2,1H3. The maximum absolute atomic E-state index is 11.5. The third-order valence-electron chi connectivity index (χ3n) is 3.71. The Morgan fingerprint density at radius 3 is 2.65 bits per heavy atom. The van der Waals surface area contributed by atoms with Gasteiger partial charge in [-0.3, -0.25) is 0 Å². The van der Waals surface area contributed by atoms with E-state index in [1.165, 1.54) is 19.5 Å². The topological polar surface area (TPSA) is 91.6 Å². The van der Waals surface area contributed by atoms with Crippen LogP contribution in [0.25, 0.3) is 0 Å². The largest absolute Gasteiger partial charge is 0.447 e. The second kappa shape index (κ2) is 6.26. The molecule has 1 fully saturated rings. The lowest BCUT2D eigenvalue weighted by Gasteiger charge is -2.32. The van der Waals surface area contributed by atoms with Crippen LogP contribution in [0.2, 0.25) is 0 Å². The van der Waals surface area contributed by atoms with Crippen LogP contribution >= 0.6 is 0 Å². The number of sulfonamides is 1. The molecule has 0 spiro atoms. The summed E-state index contributed by atoms with van der Waals surface area (Å²) < 4.78 is 30.5. The molecule has 3 N–H and O–H groups in total. The Bertz CT molecular complexity index is 532. The van der Waals surface area contributed by atoms with Gasteiger partial charge in [-0.2, -0.15) is 0 Å². The summed E-state index contributed by atoms with van der Waals surface area (Å²) in [6.07, 6.45) is 4.94. The summed E-state index contributed by atoms with van der Waals surface area (Å²) in [7, 11) is -2.19. The first-order chi connectivity index (χ1) is 9.45. The van der Waals surface area contributed by atoms with Gasteiger partial charge in [0.05, 0.1) is 12.1 Å². The molecule has 7 heteroatoms. The smallest absolute Gasteiger partial charge is 0.273 e. The van der Waals surface area contributed by atoms with E-state index in [-0.39, 0.29) is 5.09 Å². The van der Waals surface area contributed by atoms with Gasteiger partial charge >= 0.3 is 0 Å². The molecule has 0 radical (unpaired) electrons. The van der Waals surface area contributed by atoms with Crippen LogP contribution in [-0.4, -0.2) is 32.7 Å². The molecule has 2 rings (SSSR count). The highest BCUT2D eigenvalue weighted by atomic mass is 32.2. The number of aliphatic hydroxyl groups is 1. The molecule has 0 bridgehead atoms. The zero-order valence-electron chi connectivity index (χ0n) is 11.7. The first-order valence-corrected chi connectivity index (χ1v) is 8.39. The maximum Gasteiger partial charge on any atom is 0.273 e. The quantitative estimate of drug-likeness (QED) is 0.728. The van der Waals surface area contributed by atoms with Crippen molar-refractivity contribution in [2.24, 2.45) is 0 Å². The molecule has 6 nitrogen and oxygen atoms in total. The summed E-state index contributed by atoms with van der Waals surface area (Å²) in [6.45, 7) is 0.906. The van der Waals surface area contributed by atoms with E-state index in [9.17, 15) is 13.5 Å². The normalized spacial score (nSPS) is 19.1. The van der Waals surface area contributed by atoms with E-state index in [0.29, 0.717) is 18.8 Å². The number of furan rings is 1. The summed E-state index contributed by atoms with van der Waals surface area (Å²) in [5, 5.41) is 13.4. The number of hydrogen-bond acceptors (Lipinski definition) is 5. The number of nitrogens with one attached hydrogen (secondary N) is 2. The average molecular weight is 302 g/mol. The van der Waals surface area contributed by atoms with Gasteiger partial charge in [0, 0.05) is 6.54 Å². The van der Waals surface area contributed by atoms with Crippen molar-refractivity contribution in [2.45, 2.75) is 49.3 Å². The molecule has 1 aromatic heterocycles. The molecule has 0 saturated heterocycles. The Morgan fingerprint density at radius 2 is 2.00 bits per heavy atom. The van der Waals surface area contributed by atoms with Gasteiger partial charge in [0.25, 0.3) is 10.0 Å². The van der Waals surface area contributed by atoms with Crippen molar-refractivity contribution in [1.29, 1.82) is 0 Å². The van der Waals surface area contributed by atoms with Gasteiger partial charge in [-0.25, -0.2) is 13.1 Å². The van der Waals surface area contributed by atoms with E-state index < -0.39 is 15.6 Å². The Kier molecular flexibility index (Phi) is 4.85. The minimum atomic E-state index is -3.53. The Labute approximate surface area is 119 Å². The second-order valence-corrected chi connectivity index (χ2v) is 7.13. The van der Waals surface area contributed by atoms with Gasteiger partial charge in [-0.1, -0.05) is 19.3 Å². The van der Waals surface area contributed by atoms with Crippen molar-refractivity contribution in [2.75, 3.05) is 13.6 Å². The van der Waals surface area contributed by atoms with E-state index >= 15 is 0 Å². The summed E-state index contributed by atoms with van der Waals surface area (Å²) in [6, 6.07) is 3.06. The van der Waals surface area contributed by atoms with Gasteiger partial charge < -0.3 is 14.8 Å². The fourth-order valence-corrected chi connectivity index (χ4v) is 3.17. The highest BCUT2D eigenvalue weighted by Crippen LogP contribution is 2.27. The zero-order valence-corrected chi connectivity index (χ0v) is 12.5. The van der Waals surface area contributed by atoms with Gasteiger partial charge in [0.2, 0.25) is 5.09 Å². The Morgan fingerprint density at radius 1 is 1.30 bits per heavy atom. The fourth-order valence-electron chi connectivity index (χ4n) is 2.50. The SMILES string of the molecule is CNS(=O)(=O)c1ccc(CNCC2(O)CCCCC2)o1. The van der Waals surface area contributed by atoms with Crippen LogP contribution in [0.3, 0.4) is 0 Å². The van der Waals surface area contributed by atoms with E-state index in [1.54, 1.807) is 6.07 Å². The van der Waals surface area contributed by atoms with Gasteiger partial charge in [-0.05, 0) is 32.0 Å². The third-order valence-corrected chi connectivity index (χ3v) is 4.99. The summed E-state index contributed by atoms with van der Waals surface area (Å²) >= 11 is 0. The predicted molar refractivity (Wildman–Crippen MR) is 74.7 cm³/mol. The van der Waals surface area contributed by atoms with Crippen LogP contribution in [0.5, 0.6) is 0 Å². The highest BCUT2D eigenvalue weighted by molar-refractivity contribution is 7.89. The van der Waals surface area contributed by atoms with E-state index in [2.05, 4.69) is 10.0 Å². The minimum absolute atomic E-state index is 0.0896. The summed E-state index contributed by atoms with van der Waals surface area (Å²) in [5.74, 6) is 0.540. The predicted octanol–water partition coefficient (Wildman–Crippen LogP) is 0.972. The third kappa shape index (κ3) is 3.82. The number of hydrogen-bond donors (Lipinski definition) is 3. The lowest BCUT2D eigenvalue weighted by atomic mass is 9.85. The molecule has 1 aliphatic carbocycles. The van der Waals surface area contributed by atoms with Crippen LogP contribution < -0.4 is 10.0 Å². The molecule has 0 aromatic carbocycles. The van der Waals surface area contributed by atoms with Gasteiger partial charge in [0.15, 0.2) is 0 Å². The first kappa shape index (κ1) is 15.5. The van der Waals surface area contributed by atoms with Crippen molar-refractivity contribution in [3.63, 3.8) is 0 Å². The monoisotopic (exact) mass is 302 g/mol. The second-order valence-electron chi connectivity index (χ2n) is 5.32. The lowest BCUT2D eigenvalue weighted by molar-refractivity contribution is 0.00433. The molecule has 1 aromatic rings. The highest BCUT2D eigenvalue weighted by Gasteiger charge is 2.28. The van der Waals surface area contributed by atoms with E-state index in [4.69, 9.17) is 4.42 Å². The Hall–Kier alpha value is -0.890. The molecular weight excluding hydrogens is 280 g/mol. The van der Waals surface area contributed by atoms with Crippen LogP contribution in [0.15, 0.2) is 21.6 Å². The molecule has 20 heavy (non-hydrogen) atoms. The van der Waals surface area contributed by atoms with Crippen molar-refractivity contribution in [3.8, 4) is 0 Å². The number of rotatable bonds is 6. The maximum atomic E-state index is 11.5. The van der Waals surface area contributed by atoms with Crippen LogP contribution in [0.4, 0.5) is 0 Å². The van der Waals surface area contributed by atoms with E-state index in [0.717, 1.165) is 25.7 Å². The molecule has 114 valence electrons. The molecule has 0 atom stereocenters. The fraction of sp³-hybridized carbons (Fsp3) is 0.692. The zero-order chi connectivity index (χ0) is 14.6. The van der Waals surface area contributed by atoms with Crippen LogP contribution in [0.1, 0.15) is 37.9 Å². The molecule has 1 heterocycles. The molecule has 0 unspecified atom stereocenters. The van der Waals surface area contributed by atoms with Crippen LogP contribution in [0, 0.1) is 0 Å². The van der Waals surface area contributed by atoms with Crippen LogP contribution in [-0.2, 0) is 16.6 Å². The molecule has 1 saturated carbocycles. The Balaban J connectivity index is 1.86. The summed E-state index contributed by atoms with van der Waals surface area (Å²) in [4.78, 5) is 0. The molecule has 1 aliphatic rings. The van der Waals surface area contributed by atoms with Crippen molar-refractivity contribution in [1.82, 2.24) is 10.0 Å². The molecule has 0 amide bonds. The van der Waals surface area contributed by atoms with Crippen molar-refractivity contribution >= 4 is 10.0 Å². The van der Waals surface area contributed by atoms with Crippen molar-refractivity contribution in [3.05, 3.63) is 17.9 Å². The lowest BCUT2D eigenvalue weighted by Crippen LogP contribution is -2.41. The average Bonchev–Trinajstić information content (AvgIpc) is 2.89. The first-order valence-electron chi connectivity index (χ1n) is 6.91. The van der Waals surface area contributed by atoms with Crippen molar-refractivity contribution < 1.29 is 17.9 Å². The molecular formula is C13H22N2O4S.